The first-order valence-electron chi connectivity index (χ1n) is 7.31. The van der Waals surface area contributed by atoms with Crippen LogP contribution in [0, 0.1) is 0 Å². The van der Waals surface area contributed by atoms with Gasteiger partial charge in [-0.25, -0.2) is 0 Å². The zero-order valence-electron chi connectivity index (χ0n) is 12.5. The van der Waals surface area contributed by atoms with Gasteiger partial charge in [-0.05, 0) is 46.1 Å². The van der Waals surface area contributed by atoms with Crippen molar-refractivity contribution in [2.75, 3.05) is 40.8 Å². The zero-order chi connectivity index (χ0) is 13.7. The van der Waals surface area contributed by atoms with Crippen molar-refractivity contribution in [3.8, 4) is 0 Å². The molecular formula is C16H27N3. The van der Waals surface area contributed by atoms with Crippen LogP contribution in [-0.2, 0) is 0 Å². The number of nitrogens with zero attached hydrogens (tertiary/aromatic N) is 2. The fraction of sp³-hybridized carbons (Fsp3) is 0.625. The van der Waals surface area contributed by atoms with Crippen molar-refractivity contribution < 1.29 is 0 Å². The SMILES string of the molecule is CNC(CN1CCCC(N(C)C)C1)c1ccccc1. The Morgan fingerprint density at radius 3 is 2.68 bits per heavy atom. The predicted molar refractivity (Wildman–Crippen MR) is 81.4 cm³/mol. The van der Waals surface area contributed by atoms with Crippen LogP contribution < -0.4 is 5.32 Å². The van der Waals surface area contributed by atoms with Crippen LogP contribution in [-0.4, -0.2) is 56.6 Å². The molecule has 0 amide bonds. The maximum absolute atomic E-state index is 3.45. The summed E-state index contributed by atoms with van der Waals surface area (Å²) in [4.78, 5) is 4.96. The van der Waals surface area contributed by atoms with Gasteiger partial charge in [-0.1, -0.05) is 30.3 Å². The normalized spacial score (nSPS) is 22.6. The molecule has 0 saturated carbocycles. The Morgan fingerprint density at radius 2 is 2.05 bits per heavy atom. The summed E-state index contributed by atoms with van der Waals surface area (Å²) in [6.07, 6.45) is 2.65. The summed E-state index contributed by atoms with van der Waals surface area (Å²) in [6, 6.07) is 11.9. The van der Waals surface area contributed by atoms with Crippen LogP contribution in [0.2, 0.25) is 0 Å². The molecule has 0 radical (unpaired) electrons. The minimum Gasteiger partial charge on any atom is -0.312 e. The Hall–Kier alpha value is -0.900. The molecule has 2 unspecified atom stereocenters. The first-order chi connectivity index (χ1) is 9.20. The van der Waals surface area contributed by atoms with Gasteiger partial charge < -0.3 is 10.2 Å². The summed E-state index contributed by atoms with van der Waals surface area (Å²) >= 11 is 0. The fourth-order valence-corrected chi connectivity index (χ4v) is 2.93. The van der Waals surface area contributed by atoms with Crippen molar-refractivity contribution in [1.29, 1.82) is 0 Å². The molecule has 1 N–H and O–H groups in total. The Kier molecular flexibility index (Phi) is 5.37. The number of nitrogens with one attached hydrogen (secondary N) is 1. The van der Waals surface area contributed by atoms with Crippen LogP contribution in [0.25, 0.3) is 0 Å². The molecule has 19 heavy (non-hydrogen) atoms. The van der Waals surface area contributed by atoms with Crippen molar-refractivity contribution in [2.24, 2.45) is 0 Å². The van der Waals surface area contributed by atoms with Crippen molar-refractivity contribution in [3.63, 3.8) is 0 Å². The van der Waals surface area contributed by atoms with Gasteiger partial charge in [0.1, 0.15) is 0 Å². The number of rotatable bonds is 5. The lowest BCUT2D eigenvalue weighted by Crippen LogP contribution is -2.47. The number of benzene rings is 1. The molecule has 3 heteroatoms. The van der Waals surface area contributed by atoms with Gasteiger partial charge in [0.15, 0.2) is 0 Å². The van der Waals surface area contributed by atoms with Gasteiger partial charge in [-0.3, -0.25) is 4.90 Å². The summed E-state index contributed by atoms with van der Waals surface area (Å²) in [6.45, 7) is 3.53. The van der Waals surface area contributed by atoms with E-state index in [0.29, 0.717) is 12.1 Å². The molecule has 1 aromatic carbocycles. The van der Waals surface area contributed by atoms with Gasteiger partial charge >= 0.3 is 0 Å². The molecule has 0 aliphatic carbocycles. The van der Waals surface area contributed by atoms with Gasteiger partial charge in [0.25, 0.3) is 0 Å². The molecule has 1 aliphatic rings. The fourth-order valence-electron chi connectivity index (χ4n) is 2.93. The highest BCUT2D eigenvalue weighted by Gasteiger charge is 2.23. The molecule has 1 heterocycles. The van der Waals surface area contributed by atoms with E-state index in [1.54, 1.807) is 0 Å². The van der Waals surface area contributed by atoms with E-state index in [9.17, 15) is 0 Å². The van der Waals surface area contributed by atoms with Gasteiger partial charge in [-0.15, -0.1) is 0 Å². The molecular weight excluding hydrogens is 234 g/mol. The smallest absolute Gasteiger partial charge is 0.0446 e. The third-order valence-electron chi connectivity index (χ3n) is 4.20. The topological polar surface area (TPSA) is 18.5 Å². The molecule has 2 atom stereocenters. The summed E-state index contributed by atoms with van der Waals surface area (Å²) in [5.41, 5.74) is 1.39. The lowest BCUT2D eigenvalue weighted by molar-refractivity contribution is 0.124. The molecule has 3 nitrogen and oxygen atoms in total. The van der Waals surface area contributed by atoms with Crippen LogP contribution in [0.3, 0.4) is 0 Å². The lowest BCUT2D eigenvalue weighted by Gasteiger charge is -2.37. The average Bonchev–Trinajstić information content (AvgIpc) is 2.46. The highest BCUT2D eigenvalue weighted by Crippen LogP contribution is 2.18. The van der Waals surface area contributed by atoms with Crippen LogP contribution in [0.4, 0.5) is 0 Å². The number of hydrogen-bond donors (Lipinski definition) is 1. The van der Waals surface area contributed by atoms with Gasteiger partial charge in [0.2, 0.25) is 0 Å². The minimum absolute atomic E-state index is 0.433. The highest BCUT2D eigenvalue weighted by atomic mass is 15.2. The van der Waals surface area contributed by atoms with Crippen molar-refractivity contribution in [3.05, 3.63) is 35.9 Å². The molecule has 106 valence electrons. The van der Waals surface area contributed by atoms with E-state index in [4.69, 9.17) is 0 Å². The van der Waals surface area contributed by atoms with Crippen LogP contribution >= 0.6 is 0 Å². The van der Waals surface area contributed by atoms with Crippen LogP contribution in [0.1, 0.15) is 24.4 Å². The molecule has 0 aromatic heterocycles. The highest BCUT2D eigenvalue weighted by molar-refractivity contribution is 5.19. The van der Waals surface area contributed by atoms with Crippen molar-refractivity contribution in [1.82, 2.24) is 15.1 Å². The second-order valence-corrected chi connectivity index (χ2v) is 5.77. The van der Waals surface area contributed by atoms with Crippen molar-refractivity contribution in [2.45, 2.75) is 24.9 Å². The van der Waals surface area contributed by atoms with Gasteiger partial charge in [-0.2, -0.15) is 0 Å². The molecule has 1 aliphatic heterocycles. The van der Waals surface area contributed by atoms with E-state index in [1.807, 2.05) is 0 Å². The van der Waals surface area contributed by atoms with E-state index >= 15 is 0 Å². The van der Waals surface area contributed by atoms with E-state index in [-0.39, 0.29) is 0 Å². The Morgan fingerprint density at radius 1 is 1.32 bits per heavy atom. The molecule has 1 aromatic rings. The molecule has 0 spiro atoms. The number of likely N-dealkylation sites (tertiary alicyclic amines) is 1. The average molecular weight is 261 g/mol. The minimum atomic E-state index is 0.433. The van der Waals surface area contributed by atoms with Crippen LogP contribution in [0.5, 0.6) is 0 Å². The summed E-state index contributed by atoms with van der Waals surface area (Å²) in [5.74, 6) is 0. The third kappa shape index (κ3) is 4.03. The summed E-state index contributed by atoms with van der Waals surface area (Å²) in [7, 11) is 6.45. The number of hydrogen-bond acceptors (Lipinski definition) is 3. The predicted octanol–water partition coefficient (Wildman–Crippen LogP) is 1.97. The first-order valence-corrected chi connectivity index (χ1v) is 7.31. The van der Waals surface area contributed by atoms with E-state index < -0.39 is 0 Å². The van der Waals surface area contributed by atoms with Crippen LogP contribution in [0.15, 0.2) is 30.3 Å². The molecule has 0 bridgehead atoms. The number of likely N-dealkylation sites (N-methyl/N-ethyl adjacent to an activating group) is 2. The van der Waals surface area contributed by atoms with Gasteiger partial charge in [0, 0.05) is 25.2 Å². The second-order valence-electron chi connectivity index (χ2n) is 5.77. The quantitative estimate of drug-likeness (QED) is 0.874. The van der Waals surface area contributed by atoms with Crippen molar-refractivity contribution >= 4 is 0 Å². The summed E-state index contributed by atoms with van der Waals surface area (Å²) < 4.78 is 0. The number of piperidine rings is 1. The molecule has 2 rings (SSSR count). The molecule has 1 saturated heterocycles. The van der Waals surface area contributed by atoms with Gasteiger partial charge in [0.05, 0.1) is 0 Å². The Balaban J connectivity index is 1.95. The largest absolute Gasteiger partial charge is 0.312 e. The summed E-state index contributed by atoms with van der Waals surface area (Å²) in [5, 5.41) is 3.45. The Labute approximate surface area is 117 Å². The standard InChI is InChI=1S/C16H27N3/c1-17-16(14-8-5-4-6-9-14)13-19-11-7-10-15(12-19)18(2)3/h4-6,8-9,15-17H,7,10-13H2,1-3H3. The van der Waals surface area contributed by atoms with E-state index in [0.717, 1.165) is 6.54 Å². The lowest BCUT2D eigenvalue weighted by atomic mass is 10.0. The zero-order valence-corrected chi connectivity index (χ0v) is 12.5. The van der Waals surface area contributed by atoms with E-state index in [1.165, 1.54) is 31.5 Å². The molecule has 1 fully saturated rings. The maximum Gasteiger partial charge on any atom is 0.0446 e. The monoisotopic (exact) mass is 261 g/mol. The third-order valence-corrected chi connectivity index (χ3v) is 4.20. The maximum atomic E-state index is 3.45. The Bertz CT molecular complexity index is 364. The van der Waals surface area contributed by atoms with E-state index in [2.05, 4.69) is 66.6 Å². The second kappa shape index (κ2) is 7.04. The first kappa shape index (κ1) is 14.5.